The highest BCUT2D eigenvalue weighted by Crippen LogP contribution is 2.27. The fourth-order valence-electron chi connectivity index (χ4n) is 3.51. The van der Waals surface area contributed by atoms with Crippen LogP contribution in [0.4, 0.5) is 0 Å². The molecule has 9 nitrogen and oxygen atoms in total. The molecule has 0 aromatic carbocycles. The van der Waals surface area contributed by atoms with Gasteiger partial charge in [-0.3, -0.25) is 14.6 Å². The van der Waals surface area contributed by atoms with E-state index in [2.05, 4.69) is 25.6 Å². The minimum Gasteiger partial charge on any atom is -0.379 e. The van der Waals surface area contributed by atoms with E-state index >= 15 is 0 Å². The van der Waals surface area contributed by atoms with Gasteiger partial charge in [0.15, 0.2) is 0 Å². The van der Waals surface area contributed by atoms with E-state index in [9.17, 15) is 9.59 Å². The zero-order valence-corrected chi connectivity index (χ0v) is 16.0. The van der Waals surface area contributed by atoms with E-state index in [0.717, 1.165) is 25.8 Å². The molecule has 150 valence electrons. The molecule has 2 aromatic rings. The number of aryl methyl sites for hydroxylation is 1. The number of rotatable bonds is 8. The van der Waals surface area contributed by atoms with Crippen molar-refractivity contribution in [3.63, 3.8) is 0 Å². The van der Waals surface area contributed by atoms with E-state index in [-0.39, 0.29) is 35.6 Å². The molecule has 2 heterocycles. The predicted octanol–water partition coefficient (Wildman–Crippen LogP) is 0.793. The Morgan fingerprint density at radius 2 is 2.14 bits per heavy atom. The molecule has 1 aliphatic rings. The van der Waals surface area contributed by atoms with Gasteiger partial charge >= 0.3 is 0 Å². The Morgan fingerprint density at radius 1 is 1.25 bits per heavy atom. The molecule has 1 aliphatic carbocycles. The number of amides is 2. The van der Waals surface area contributed by atoms with Crippen LogP contribution in [-0.2, 0) is 16.1 Å². The number of nitrogens with zero attached hydrogens (tertiary/aromatic N) is 4. The second kappa shape index (κ2) is 9.93. The van der Waals surface area contributed by atoms with Crippen molar-refractivity contribution < 1.29 is 14.3 Å². The number of hydrogen-bond acceptors (Lipinski definition) is 6. The first kappa shape index (κ1) is 19.9. The summed E-state index contributed by atoms with van der Waals surface area (Å²) >= 11 is 0. The van der Waals surface area contributed by atoms with Crippen LogP contribution >= 0.6 is 0 Å². The van der Waals surface area contributed by atoms with Crippen LogP contribution in [0.25, 0.3) is 0 Å². The molecule has 28 heavy (non-hydrogen) atoms. The monoisotopic (exact) mass is 386 g/mol. The van der Waals surface area contributed by atoms with Gasteiger partial charge in [-0.2, -0.15) is 0 Å². The molecule has 0 aliphatic heterocycles. The van der Waals surface area contributed by atoms with Gasteiger partial charge in [0.05, 0.1) is 24.7 Å². The summed E-state index contributed by atoms with van der Waals surface area (Å²) in [5.74, 6) is -0.424. The van der Waals surface area contributed by atoms with E-state index in [4.69, 9.17) is 4.74 Å². The number of aromatic nitrogens is 4. The first-order chi connectivity index (χ1) is 13.7. The van der Waals surface area contributed by atoms with Gasteiger partial charge in [-0.15, -0.1) is 0 Å². The van der Waals surface area contributed by atoms with E-state index < -0.39 is 0 Å². The first-order valence-electron chi connectivity index (χ1n) is 9.50. The van der Waals surface area contributed by atoms with Crippen LogP contribution in [0.1, 0.15) is 36.2 Å². The number of carbonyl (C=O) groups is 2. The van der Waals surface area contributed by atoms with E-state index in [0.29, 0.717) is 13.0 Å². The molecule has 0 bridgehead atoms. The van der Waals surface area contributed by atoms with E-state index in [1.165, 1.54) is 18.6 Å². The standard InChI is InChI=1S/C19H26N6O3/c1-28-17-4-3-14(18(26)23-5-2-9-25-10-8-21-13-25)11-15(17)24-19(27)16-12-20-6-7-22-16/h6-8,10,12-15,17H,2-5,9,11H2,1H3,(H,23,26)(H,24,27)/t14-,15+,17+/m0/s1. The van der Waals surface area contributed by atoms with E-state index in [1.54, 1.807) is 19.6 Å². The highest BCUT2D eigenvalue weighted by Gasteiger charge is 2.35. The summed E-state index contributed by atoms with van der Waals surface area (Å²) in [6, 6.07) is -0.241. The molecule has 3 atom stereocenters. The molecule has 9 heteroatoms. The Hall–Kier alpha value is -2.81. The summed E-state index contributed by atoms with van der Waals surface area (Å²) in [5, 5.41) is 5.95. The van der Waals surface area contributed by atoms with Crippen LogP contribution in [0.2, 0.25) is 0 Å². The van der Waals surface area contributed by atoms with Crippen LogP contribution in [0.5, 0.6) is 0 Å². The minimum absolute atomic E-state index is 0.0268. The van der Waals surface area contributed by atoms with Gasteiger partial charge in [-0.25, -0.2) is 9.97 Å². The van der Waals surface area contributed by atoms with Crippen molar-refractivity contribution in [1.29, 1.82) is 0 Å². The van der Waals surface area contributed by atoms with E-state index in [1.807, 2.05) is 10.8 Å². The van der Waals surface area contributed by atoms with Crippen molar-refractivity contribution in [1.82, 2.24) is 30.2 Å². The van der Waals surface area contributed by atoms with Gasteiger partial charge in [0.25, 0.3) is 5.91 Å². The third-order valence-electron chi connectivity index (χ3n) is 5.02. The number of nitrogens with one attached hydrogen (secondary N) is 2. The molecule has 3 rings (SSSR count). The molecule has 0 unspecified atom stereocenters. The summed E-state index contributed by atoms with van der Waals surface area (Å²) < 4.78 is 7.50. The third-order valence-corrected chi connectivity index (χ3v) is 5.02. The topological polar surface area (TPSA) is 111 Å². The zero-order valence-electron chi connectivity index (χ0n) is 16.0. The average molecular weight is 386 g/mol. The van der Waals surface area contributed by atoms with Gasteiger partial charge in [0, 0.05) is 50.9 Å². The second-order valence-electron chi connectivity index (χ2n) is 6.90. The molecular formula is C19H26N6O3. The van der Waals surface area contributed by atoms with Gasteiger partial charge in [0.1, 0.15) is 5.69 Å². The summed E-state index contributed by atoms with van der Waals surface area (Å²) in [6.07, 6.45) is 12.5. The van der Waals surface area contributed by atoms with Crippen molar-refractivity contribution in [2.45, 2.75) is 44.4 Å². The maximum atomic E-state index is 12.5. The van der Waals surface area contributed by atoms with Crippen molar-refractivity contribution in [3.8, 4) is 0 Å². The molecule has 0 spiro atoms. The Balaban J connectivity index is 1.49. The number of hydrogen-bond donors (Lipinski definition) is 2. The lowest BCUT2D eigenvalue weighted by Crippen LogP contribution is -2.50. The molecule has 0 saturated heterocycles. The van der Waals surface area contributed by atoms with Crippen molar-refractivity contribution in [2.75, 3.05) is 13.7 Å². The van der Waals surface area contributed by atoms with Crippen LogP contribution < -0.4 is 10.6 Å². The van der Waals surface area contributed by atoms with Crippen molar-refractivity contribution >= 4 is 11.8 Å². The Kier molecular flexibility index (Phi) is 7.07. The third kappa shape index (κ3) is 5.35. The van der Waals surface area contributed by atoms with Crippen LogP contribution in [0.15, 0.2) is 37.3 Å². The van der Waals surface area contributed by atoms with Crippen LogP contribution in [0.3, 0.4) is 0 Å². The normalized spacial score (nSPS) is 21.8. The Labute approximate surface area is 163 Å². The summed E-state index contributed by atoms with van der Waals surface area (Å²) in [5.41, 5.74) is 0.253. The fourth-order valence-corrected chi connectivity index (χ4v) is 3.51. The Morgan fingerprint density at radius 3 is 2.86 bits per heavy atom. The molecule has 2 aromatic heterocycles. The maximum Gasteiger partial charge on any atom is 0.271 e. The highest BCUT2D eigenvalue weighted by atomic mass is 16.5. The highest BCUT2D eigenvalue weighted by molar-refractivity contribution is 5.92. The lowest BCUT2D eigenvalue weighted by molar-refractivity contribution is -0.127. The summed E-state index contributed by atoms with van der Waals surface area (Å²) in [4.78, 5) is 36.9. The summed E-state index contributed by atoms with van der Waals surface area (Å²) in [6.45, 7) is 1.42. The fraction of sp³-hybridized carbons (Fsp3) is 0.526. The number of imidazole rings is 1. The first-order valence-corrected chi connectivity index (χ1v) is 9.50. The Bertz CT molecular complexity index is 752. The van der Waals surface area contributed by atoms with Crippen LogP contribution in [-0.4, -0.2) is 57.1 Å². The average Bonchev–Trinajstić information content (AvgIpc) is 3.25. The lowest BCUT2D eigenvalue weighted by Gasteiger charge is -2.35. The SMILES string of the molecule is CO[C@@H]1CC[C@H](C(=O)NCCCn2ccnc2)C[C@H]1NC(=O)c1cnccn1. The van der Waals surface area contributed by atoms with Gasteiger partial charge in [-0.05, 0) is 25.7 Å². The number of methoxy groups -OCH3 is 1. The minimum atomic E-state index is -0.304. The quantitative estimate of drug-likeness (QED) is 0.649. The van der Waals surface area contributed by atoms with Crippen molar-refractivity contribution in [2.24, 2.45) is 5.92 Å². The van der Waals surface area contributed by atoms with Gasteiger partial charge < -0.3 is 19.9 Å². The zero-order chi connectivity index (χ0) is 19.8. The molecule has 2 N–H and O–H groups in total. The van der Waals surface area contributed by atoms with Crippen molar-refractivity contribution in [3.05, 3.63) is 43.0 Å². The predicted molar refractivity (Wildman–Crippen MR) is 101 cm³/mol. The van der Waals surface area contributed by atoms with Crippen LogP contribution in [0, 0.1) is 5.92 Å². The molecular weight excluding hydrogens is 360 g/mol. The molecule has 2 amide bonds. The maximum absolute atomic E-state index is 12.5. The lowest BCUT2D eigenvalue weighted by atomic mass is 9.83. The molecule has 0 radical (unpaired) electrons. The number of carbonyl (C=O) groups excluding carboxylic acids is 2. The van der Waals surface area contributed by atoms with Gasteiger partial charge in [-0.1, -0.05) is 0 Å². The molecule has 1 saturated carbocycles. The smallest absolute Gasteiger partial charge is 0.271 e. The number of ether oxygens (including phenoxy) is 1. The van der Waals surface area contributed by atoms with Gasteiger partial charge in [0.2, 0.25) is 5.91 Å². The largest absolute Gasteiger partial charge is 0.379 e. The molecule has 1 fully saturated rings. The second-order valence-corrected chi connectivity index (χ2v) is 6.90. The summed E-state index contributed by atoms with van der Waals surface area (Å²) in [7, 11) is 1.63.